The number of hydrogen-bond acceptors (Lipinski definition) is 6. The first kappa shape index (κ1) is 13.5. The van der Waals surface area contributed by atoms with Crippen LogP contribution in [0.3, 0.4) is 0 Å². The number of benzene rings is 1. The summed E-state index contributed by atoms with van der Waals surface area (Å²) in [5.41, 5.74) is 0. The quantitative estimate of drug-likeness (QED) is 0.813. The van der Waals surface area contributed by atoms with Crippen LogP contribution >= 0.6 is 11.8 Å². The maximum absolute atomic E-state index is 13.1. The zero-order valence-electron chi connectivity index (χ0n) is 10.9. The SMILES string of the molecule is O=C1SC(=O)[C@]2(S(=O)(=O)c3ccccc3)[C@@H]3CC[C@@H](O3)[C@H]12. The second kappa shape index (κ2) is 4.18. The Bertz CT molecular complexity index is 742. The average Bonchev–Trinajstić information content (AvgIpc) is 3.13. The Balaban J connectivity index is 1.97. The van der Waals surface area contributed by atoms with Gasteiger partial charge in [0, 0.05) is 0 Å². The van der Waals surface area contributed by atoms with Gasteiger partial charge in [-0.15, -0.1) is 0 Å². The number of sulfone groups is 1. The van der Waals surface area contributed by atoms with Gasteiger partial charge in [0.05, 0.1) is 23.0 Å². The maximum atomic E-state index is 13.1. The Morgan fingerprint density at radius 2 is 1.86 bits per heavy atom. The second-order valence-electron chi connectivity index (χ2n) is 5.54. The number of hydrogen-bond donors (Lipinski definition) is 0. The minimum atomic E-state index is -3.97. The summed E-state index contributed by atoms with van der Waals surface area (Å²) < 4.78 is 30.2. The fraction of sp³-hybridized carbons (Fsp3) is 0.429. The van der Waals surface area contributed by atoms with Crippen LogP contribution in [0.5, 0.6) is 0 Å². The summed E-state index contributed by atoms with van der Waals surface area (Å²) in [5, 5.41) is -0.944. The smallest absolute Gasteiger partial charge is 0.221 e. The van der Waals surface area contributed by atoms with Gasteiger partial charge in [-0.25, -0.2) is 8.42 Å². The van der Waals surface area contributed by atoms with Gasteiger partial charge in [-0.1, -0.05) is 18.2 Å². The predicted molar refractivity (Wildman–Crippen MR) is 75.3 cm³/mol. The third-order valence-corrected chi connectivity index (χ3v) is 8.22. The molecule has 3 aliphatic heterocycles. The third-order valence-electron chi connectivity index (χ3n) is 4.63. The van der Waals surface area contributed by atoms with Crippen LogP contribution < -0.4 is 0 Å². The van der Waals surface area contributed by atoms with E-state index in [0.717, 1.165) is 0 Å². The molecule has 3 heterocycles. The number of carbonyl (C=O) groups excluding carboxylic acids is 2. The highest BCUT2D eigenvalue weighted by Gasteiger charge is 2.76. The highest BCUT2D eigenvalue weighted by Crippen LogP contribution is 2.59. The average molecular weight is 324 g/mol. The van der Waals surface area contributed by atoms with E-state index >= 15 is 0 Å². The van der Waals surface area contributed by atoms with Gasteiger partial charge in [0.25, 0.3) is 0 Å². The monoisotopic (exact) mass is 324 g/mol. The molecule has 3 saturated heterocycles. The first-order chi connectivity index (χ1) is 9.99. The van der Waals surface area contributed by atoms with Gasteiger partial charge in [0.15, 0.2) is 14.6 Å². The van der Waals surface area contributed by atoms with E-state index in [-0.39, 0.29) is 10.0 Å². The number of carbonyl (C=O) groups is 2. The largest absolute Gasteiger partial charge is 0.372 e. The Kier molecular flexibility index (Phi) is 2.68. The summed E-state index contributed by atoms with van der Waals surface area (Å²) in [6.45, 7) is 0. The summed E-state index contributed by atoms with van der Waals surface area (Å²) in [7, 11) is -3.97. The van der Waals surface area contributed by atoms with Crippen molar-refractivity contribution in [2.24, 2.45) is 5.92 Å². The van der Waals surface area contributed by atoms with Crippen LogP contribution in [0.15, 0.2) is 35.2 Å². The molecule has 0 radical (unpaired) electrons. The van der Waals surface area contributed by atoms with Crippen LogP contribution in [0.2, 0.25) is 0 Å². The molecule has 4 atom stereocenters. The van der Waals surface area contributed by atoms with Gasteiger partial charge in [-0.05, 0) is 36.7 Å². The molecule has 3 fully saturated rings. The van der Waals surface area contributed by atoms with Gasteiger partial charge in [-0.2, -0.15) is 0 Å². The molecule has 5 nitrogen and oxygen atoms in total. The molecule has 0 N–H and O–H groups in total. The van der Waals surface area contributed by atoms with Crippen LogP contribution in [-0.4, -0.2) is 35.6 Å². The van der Waals surface area contributed by atoms with E-state index in [1.807, 2.05) is 0 Å². The van der Waals surface area contributed by atoms with Crippen LogP contribution in [-0.2, 0) is 24.2 Å². The van der Waals surface area contributed by atoms with Crippen molar-refractivity contribution in [3.8, 4) is 0 Å². The lowest BCUT2D eigenvalue weighted by atomic mass is 9.80. The molecule has 0 saturated carbocycles. The van der Waals surface area contributed by atoms with Crippen LogP contribution in [0.25, 0.3) is 0 Å². The third kappa shape index (κ3) is 1.44. The molecular weight excluding hydrogens is 312 g/mol. The summed E-state index contributed by atoms with van der Waals surface area (Å²) in [6, 6.07) is 7.87. The topological polar surface area (TPSA) is 77.5 Å². The highest BCUT2D eigenvalue weighted by molar-refractivity contribution is 8.28. The van der Waals surface area contributed by atoms with Crippen molar-refractivity contribution >= 4 is 31.8 Å². The molecule has 4 rings (SSSR count). The molecule has 0 unspecified atom stereocenters. The molecule has 2 bridgehead atoms. The zero-order valence-corrected chi connectivity index (χ0v) is 12.5. The normalized spacial score (nSPS) is 38.0. The van der Waals surface area contributed by atoms with Gasteiger partial charge in [0.1, 0.15) is 0 Å². The first-order valence-electron chi connectivity index (χ1n) is 6.71. The molecule has 7 heteroatoms. The summed E-state index contributed by atoms with van der Waals surface area (Å²) in [6.07, 6.45) is -0.00238. The van der Waals surface area contributed by atoms with Crippen LogP contribution in [0.1, 0.15) is 12.8 Å². The number of ether oxygens (including phenoxy) is 1. The van der Waals surface area contributed by atoms with Gasteiger partial charge >= 0.3 is 0 Å². The lowest BCUT2D eigenvalue weighted by Gasteiger charge is -2.32. The molecule has 0 aromatic heterocycles. The Hall–Kier alpha value is -1.18. The number of thioether (sulfide) groups is 1. The maximum Gasteiger partial charge on any atom is 0.221 e. The molecule has 21 heavy (non-hydrogen) atoms. The number of rotatable bonds is 2. The van der Waals surface area contributed by atoms with E-state index in [9.17, 15) is 18.0 Å². The van der Waals surface area contributed by atoms with Crippen LogP contribution in [0, 0.1) is 5.92 Å². The summed E-state index contributed by atoms with van der Waals surface area (Å²) >= 11 is 0.543. The van der Waals surface area contributed by atoms with Crippen LogP contribution in [0.4, 0.5) is 0 Å². The molecule has 3 aliphatic rings. The van der Waals surface area contributed by atoms with Crippen molar-refractivity contribution in [3.05, 3.63) is 30.3 Å². The lowest BCUT2D eigenvalue weighted by molar-refractivity contribution is -0.118. The fourth-order valence-corrected chi connectivity index (χ4v) is 7.60. The Morgan fingerprint density at radius 3 is 2.57 bits per heavy atom. The Morgan fingerprint density at radius 1 is 1.14 bits per heavy atom. The van der Waals surface area contributed by atoms with Crippen molar-refractivity contribution in [2.45, 2.75) is 34.7 Å². The second-order valence-corrected chi connectivity index (χ2v) is 8.67. The lowest BCUT2D eigenvalue weighted by Crippen LogP contribution is -2.55. The fourth-order valence-electron chi connectivity index (χ4n) is 3.76. The van der Waals surface area contributed by atoms with E-state index in [4.69, 9.17) is 4.74 Å². The van der Waals surface area contributed by atoms with Crippen molar-refractivity contribution in [1.82, 2.24) is 0 Å². The minimum absolute atomic E-state index is 0.0785. The van der Waals surface area contributed by atoms with Gasteiger partial charge in [-0.3, -0.25) is 9.59 Å². The summed E-state index contributed by atoms with van der Waals surface area (Å²) in [4.78, 5) is 24.7. The van der Waals surface area contributed by atoms with Crippen molar-refractivity contribution in [3.63, 3.8) is 0 Å². The number of fused-ring (bicyclic) bond motifs is 5. The zero-order chi connectivity index (χ0) is 14.8. The molecule has 1 aromatic carbocycles. The molecular formula is C14H12O5S2. The van der Waals surface area contributed by atoms with Crippen molar-refractivity contribution < 1.29 is 22.7 Å². The minimum Gasteiger partial charge on any atom is -0.372 e. The molecule has 110 valence electrons. The molecule has 0 aliphatic carbocycles. The highest BCUT2D eigenvalue weighted by atomic mass is 32.2. The predicted octanol–water partition coefficient (Wildman–Crippen LogP) is 1.18. The van der Waals surface area contributed by atoms with Crippen molar-refractivity contribution in [1.29, 1.82) is 0 Å². The van der Waals surface area contributed by atoms with E-state index in [1.165, 1.54) is 12.1 Å². The van der Waals surface area contributed by atoms with Gasteiger partial charge in [0.2, 0.25) is 10.2 Å². The van der Waals surface area contributed by atoms with E-state index in [1.54, 1.807) is 18.2 Å². The molecule has 0 amide bonds. The van der Waals surface area contributed by atoms with E-state index in [2.05, 4.69) is 0 Å². The van der Waals surface area contributed by atoms with Gasteiger partial charge < -0.3 is 4.74 Å². The standard InChI is InChI=1S/C14H12O5S2/c15-12-11-9-6-7-10(19-9)14(11,13(16)20-12)21(17,18)8-4-2-1-3-5-8/h1-5,9-11H,6-7H2/t9-,10+,11-,14+/m1/s1. The van der Waals surface area contributed by atoms with E-state index in [0.29, 0.717) is 24.6 Å². The van der Waals surface area contributed by atoms with Crippen molar-refractivity contribution in [2.75, 3.05) is 0 Å². The first-order valence-corrected chi connectivity index (χ1v) is 9.01. The summed E-state index contributed by atoms with van der Waals surface area (Å²) in [5.74, 6) is -0.862. The Labute approximate surface area is 126 Å². The molecule has 1 aromatic rings. The van der Waals surface area contributed by atoms with E-state index < -0.39 is 37.8 Å². The molecule has 0 spiro atoms.